The van der Waals surface area contributed by atoms with E-state index in [4.69, 9.17) is 0 Å². The molecule has 1 aromatic carbocycles. The summed E-state index contributed by atoms with van der Waals surface area (Å²) in [5.74, 6) is 1.60. The average molecular weight is 377 g/mol. The first-order valence-corrected chi connectivity index (χ1v) is 9.96. The number of piperidine rings is 1. The number of anilines is 2. The summed E-state index contributed by atoms with van der Waals surface area (Å²) < 4.78 is 0. The zero-order chi connectivity index (χ0) is 19.5. The third-order valence-corrected chi connectivity index (χ3v) is 5.61. The lowest BCUT2D eigenvalue weighted by Crippen LogP contribution is -2.37. The molecule has 0 unspecified atom stereocenters. The summed E-state index contributed by atoms with van der Waals surface area (Å²) in [6, 6.07) is 8.21. The average Bonchev–Trinajstić information content (AvgIpc) is 3.16. The summed E-state index contributed by atoms with van der Waals surface area (Å²) in [7, 11) is 0. The Balaban J connectivity index is 1.37. The van der Waals surface area contributed by atoms with Crippen molar-refractivity contribution >= 4 is 28.3 Å². The molecule has 1 aliphatic rings. The van der Waals surface area contributed by atoms with E-state index in [1.165, 1.54) is 11.1 Å². The highest BCUT2D eigenvalue weighted by molar-refractivity contribution is 5.87. The Bertz CT molecular complexity index is 960. The van der Waals surface area contributed by atoms with E-state index < -0.39 is 0 Å². The molecule has 6 nitrogen and oxygen atoms in total. The van der Waals surface area contributed by atoms with Gasteiger partial charge in [0.05, 0.1) is 11.9 Å². The number of H-pyrrole nitrogens is 1. The molecule has 1 aliphatic heterocycles. The van der Waals surface area contributed by atoms with Gasteiger partial charge in [-0.15, -0.1) is 0 Å². The number of nitrogens with zero attached hydrogens (tertiary/aromatic N) is 3. The second-order valence-corrected chi connectivity index (χ2v) is 7.75. The van der Waals surface area contributed by atoms with Crippen molar-refractivity contribution in [3.05, 3.63) is 47.9 Å². The van der Waals surface area contributed by atoms with Crippen LogP contribution < -0.4 is 10.2 Å². The molecule has 0 radical (unpaired) electrons. The van der Waals surface area contributed by atoms with Crippen molar-refractivity contribution in [2.45, 2.75) is 33.1 Å². The Morgan fingerprint density at radius 3 is 2.89 bits per heavy atom. The number of nitrogens with one attached hydrogen (secondary N) is 2. The number of ketones is 1. The second kappa shape index (κ2) is 8.00. The summed E-state index contributed by atoms with van der Waals surface area (Å²) >= 11 is 0. The van der Waals surface area contributed by atoms with Crippen molar-refractivity contribution in [2.75, 3.05) is 29.9 Å². The van der Waals surface area contributed by atoms with Crippen LogP contribution in [0.4, 0.5) is 11.5 Å². The van der Waals surface area contributed by atoms with Crippen LogP contribution in [0.5, 0.6) is 0 Å². The third kappa shape index (κ3) is 3.86. The van der Waals surface area contributed by atoms with Crippen molar-refractivity contribution in [2.24, 2.45) is 5.92 Å². The van der Waals surface area contributed by atoms with Crippen molar-refractivity contribution in [1.82, 2.24) is 15.0 Å². The second-order valence-electron chi connectivity index (χ2n) is 7.75. The number of carbonyl (C=O) groups is 1. The van der Waals surface area contributed by atoms with E-state index in [1.54, 1.807) is 6.33 Å². The fourth-order valence-corrected chi connectivity index (χ4v) is 4.21. The van der Waals surface area contributed by atoms with Crippen molar-refractivity contribution in [1.29, 1.82) is 0 Å². The number of fused-ring (bicyclic) bond motifs is 1. The molecular formula is C22H27N5O. The van der Waals surface area contributed by atoms with Gasteiger partial charge in [0, 0.05) is 31.4 Å². The van der Waals surface area contributed by atoms with Crippen molar-refractivity contribution < 1.29 is 4.79 Å². The molecule has 1 fully saturated rings. The molecule has 6 heteroatoms. The predicted octanol–water partition coefficient (Wildman–Crippen LogP) is 3.86. The molecule has 3 aromatic rings. The molecule has 0 saturated carbocycles. The van der Waals surface area contributed by atoms with Crippen LogP contribution in [-0.2, 0) is 4.79 Å². The van der Waals surface area contributed by atoms with Crippen LogP contribution in [0.1, 0.15) is 30.4 Å². The lowest BCUT2D eigenvalue weighted by atomic mass is 9.92. The molecule has 0 spiro atoms. The molecule has 0 bridgehead atoms. The van der Waals surface area contributed by atoms with Crippen LogP contribution in [0.3, 0.4) is 0 Å². The number of hydrogen-bond acceptors (Lipinski definition) is 5. The molecule has 146 valence electrons. The Morgan fingerprint density at radius 2 is 2.07 bits per heavy atom. The van der Waals surface area contributed by atoms with Gasteiger partial charge < -0.3 is 15.2 Å². The molecular weight excluding hydrogens is 350 g/mol. The van der Waals surface area contributed by atoms with Gasteiger partial charge in [0.2, 0.25) is 0 Å². The van der Waals surface area contributed by atoms with Crippen LogP contribution >= 0.6 is 0 Å². The van der Waals surface area contributed by atoms with Gasteiger partial charge >= 0.3 is 0 Å². The van der Waals surface area contributed by atoms with Crippen LogP contribution in [0, 0.1) is 19.8 Å². The fraction of sp³-hybridized carbons (Fsp3) is 0.409. The van der Waals surface area contributed by atoms with E-state index in [-0.39, 0.29) is 5.78 Å². The van der Waals surface area contributed by atoms with E-state index in [9.17, 15) is 4.79 Å². The Labute approximate surface area is 165 Å². The van der Waals surface area contributed by atoms with Gasteiger partial charge in [-0.25, -0.2) is 9.97 Å². The minimum atomic E-state index is 0.268. The van der Waals surface area contributed by atoms with Crippen LogP contribution in [0.15, 0.2) is 36.8 Å². The number of aryl methyl sites for hydroxylation is 2. The zero-order valence-electron chi connectivity index (χ0n) is 16.5. The number of carbonyl (C=O) groups excluding carboxylic acids is 1. The minimum Gasteiger partial charge on any atom is -0.378 e. The van der Waals surface area contributed by atoms with E-state index in [0.717, 1.165) is 48.5 Å². The number of rotatable bonds is 6. The van der Waals surface area contributed by atoms with E-state index in [0.29, 0.717) is 18.9 Å². The molecule has 1 atom stereocenters. The topological polar surface area (TPSA) is 73.9 Å². The van der Waals surface area contributed by atoms with E-state index >= 15 is 0 Å². The Morgan fingerprint density at radius 1 is 1.25 bits per heavy atom. The highest BCUT2D eigenvalue weighted by atomic mass is 16.1. The van der Waals surface area contributed by atoms with Crippen LogP contribution in [-0.4, -0.2) is 40.4 Å². The normalized spacial score (nSPS) is 17.1. The lowest BCUT2D eigenvalue weighted by Gasteiger charge is -2.33. The summed E-state index contributed by atoms with van der Waals surface area (Å²) in [5.41, 5.74) is 4.30. The third-order valence-electron chi connectivity index (χ3n) is 5.61. The maximum atomic E-state index is 12.6. The quantitative estimate of drug-likeness (QED) is 0.682. The highest BCUT2D eigenvalue weighted by Gasteiger charge is 2.24. The number of Topliss-reactive ketones (excluding diaryl/α,β-unsaturated/α-hetero) is 1. The lowest BCUT2D eigenvalue weighted by molar-refractivity contribution is -0.118. The standard InChI is InChI=1S/C22H27N5O/c1-15-5-3-6-16(2)20(15)24-12-18(28)11-17-7-4-10-27(13-17)22-19-8-9-23-21(19)25-14-26-22/h3,5-6,8-9,14,17,24H,4,7,10-13H2,1-2H3,(H,23,25,26)/t17-/m0/s1. The number of benzene rings is 1. The molecule has 3 heterocycles. The smallest absolute Gasteiger partial charge is 0.152 e. The summed E-state index contributed by atoms with van der Waals surface area (Å²) in [6.07, 6.45) is 6.28. The van der Waals surface area contributed by atoms with Crippen molar-refractivity contribution in [3.63, 3.8) is 0 Å². The molecule has 0 amide bonds. The van der Waals surface area contributed by atoms with Gasteiger partial charge in [-0.3, -0.25) is 4.79 Å². The monoisotopic (exact) mass is 377 g/mol. The van der Waals surface area contributed by atoms with Gasteiger partial charge in [-0.1, -0.05) is 18.2 Å². The van der Waals surface area contributed by atoms with Gasteiger partial charge in [-0.2, -0.15) is 0 Å². The van der Waals surface area contributed by atoms with Gasteiger partial charge in [0.1, 0.15) is 17.8 Å². The summed E-state index contributed by atoms with van der Waals surface area (Å²) in [5, 5.41) is 4.39. The largest absolute Gasteiger partial charge is 0.378 e. The SMILES string of the molecule is Cc1cccc(C)c1NCC(=O)C[C@@H]1CCCN(c2ncnc3[nH]ccc23)C1. The summed E-state index contributed by atoms with van der Waals surface area (Å²) in [6.45, 7) is 6.37. The first kappa shape index (κ1) is 18.5. The van der Waals surface area contributed by atoms with E-state index in [1.807, 2.05) is 18.3 Å². The van der Waals surface area contributed by atoms with Crippen molar-refractivity contribution in [3.8, 4) is 0 Å². The van der Waals surface area contributed by atoms with Gasteiger partial charge in [0.15, 0.2) is 5.78 Å². The molecule has 28 heavy (non-hydrogen) atoms. The molecule has 2 N–H and O–H groups in total. The number of aromatic nitrogens is 3. The number of hydrogen-bond donors (Lipinski definition) is 2. The van der Waals surface area contributed by atoms with E-state index in [2.05, 4.69) is 51.1 Å². The predicted molar refractivity (Wildman–Crippen MR) is 113 cm³/mol. The first-order chi connectivity index (χ1) is 13.6. The molecule has 0 aliphatic carbocycles. The van der Waals surface area contributed by atoms with Gasteiger partial charge in [-0.05, 0) is 49.8 Å². The summed E-state index contributed by atoms with van der Waals surface area (Å²) in [4.78, 5) is 26.8. The minimum absolute atomic E-state index is 0.268. The Hall–Kier alpha value is -2.89. The van der Waals surface area contributed by atoms with Crippen LogP contribution in [0.2, 0.25) is 0 Å². The maximum absolute atomic E-state index is 12.6. The first-order valence-electron chi connectivity index (χ1n) is 9.96. The molecule has 1 saturated heterocycles. The highest BCUT2D eigenvalue weighted by Crippen LogP contribution is 2.28. The molecule has 4 rings (SSSR count). The zero-order valence-corrected chi connectivity index (χ0v) is 16.5. The van der Waals surface area contributed by atoms with Gasteiger partial charge in [0.25, 0.3) is 0 Å². The molecule has 2 aromatic heterocycles. The fourth-order valence-electron chi connectivity index (χ4n) is 4.21. The number of aromatic amines is 1. The Kier molecular flexibility index (Phi) is 5.28. The maximum Gasteiger partial charge on any atom is 0.152 e. The number of para-hydroxylation sites is 1. The van der Waals surface area contributed by atoms with Crippen LogP contribution in [0.25, 0.3) is 11.0 Å².